The zero-order valence-electron chi connectivity index (χ0n) is 16.7. The van der Waals surface area contributed by atoms with E-state index in [9.17, 15) is 14.4 Å². The number of carbonyl (C=O) groups excluding carboxylic acids is 3. The molecule has 0 saturated carbocycles. The van der Waals surface area contributed by atoms with E-state index in [0.29, 0.717) is 18.5 Å². The van der Waals surface area contributed by atoms with Gasteiger partial charge in [0.1, 0.15) is 11.7 Å². The molecule has 1 fully saturated rings. The summed E-state index contributed by atoms with van der Waals surface area (Å²) in [7, 11) is 0. The van der Waals surface area contributed by atoms with Crippen molar-refractivity contribution in [1.29, 1.82) is 0 Å². The van der Waals surface area contributed by atoms with Gasteiger partial charge in [0.15, 0.2) is 0 Å². The van der Waals surface area contributed by atoms with Crippen LogP contribution < -0.4 is 5.32 Å². The molecule has 6 rings (SSSR count). The van der Waals surface area contributed by atoms with Crippen LogP contribution in [0.5, 0.6) is 0 Å². The standard InChI is InChI=1S/C22H16N6O3S/c29-20-6-4-18(21(30)24-20)27-9-13-7-14(2-3-15(13)22(27)31)28-10-17(25-26-28)12-1-5-19-16(8-12)23-11-32-19/h1-3,5,7-8,10-11,18H,4,6,9H2,(H,24,29,30). The third-order valence-corrected chi connectivity index (χ3v) is 6.70. The van der Waals surface area contributed by atoms with Gasteiger partial charge < -0.3 is 4.90 Å². The van der Waals surface area contributed by atoms with E-state index < -0.39 is 11.9 Å². The lowest BCUT2D eigenvalue weighted by Crippen LogP contribution is -2.52. The monoisotopic (exact) mass is 444 g/mol. The van der Waals surface area contributed by atoms with Gasteiger partial charge in [0.2, 0.25) is 11.8 Å². The van der Waals surface area contributed by atoms with Crippen molar-refractivity contribution in [3.8, 4) is 16.9 Å². The van der Waals surface area contributed by atoms with Crippen LogP contribution in [-0.2, 0) is 16.1 Å². The summed E-state index contributed by atoms with van der Waals surface area (Å²) in [6, 6.07) is 10.8. The van der Waals surface area contributed by atoms with Crippen molar-refractivity contribution in [2.75, 3.05) is 0 Å². The van der Waals surface area contributed by atoms with Crippen molar-refractivity contribution in [2.24, 2.45) is 0 Å². The summed E-state index contributed by atoms with van der Waals surface area (Å²) in [5.74, 6) is -0.911. The summed E-state index contributed by atoms with van der Waals surface area (Å²) in [6.45, 7) is 0.316. The fraction of sp³-hybridized carbons (Fsp3) is 0.182. The number of hydrogen-bond acceptors (Lipinski definition) is 7. The molecule has 0 radical (unpaired) electrons. The van der Waals surface area contributed by atoms with Gasteiger partial charge in [-0.3, -0.25) is 19.7 Å². The second-order valence-electron chi connectivity index (χ2n) is 7.82. The molecule has 1 N–H and O–H groups in total. The minimum Gasteiger partial charge on any atom is -0.322 e. The summed E-state index contributed by atoms with van der Waals surface area (Å²) >= 11 is 1.59. The number of carbonyl (C=O) groups is 3. The number of nitrogens with zero attached hydrogens (tertiary/aromatic N) is 5. The largest absolute Gasteiger partial charge is 0.322 e. The van der Waals surface area contributed by atoms with Crippen molar-refractivity contribution in [2.45, 2.75) is 25.4 Å². The molecule has 158 valence electrons. The minimum absolute atomic E-state index is 0.197. The highest BCUT2D eigenvalue weighted by Gasteiger charge is 2.39. The molecular weight excluding hydrogens is 428 g/mol. The normalized spacial score (nSPS) is 18.3. The molecule has 0 aliphatic carbocycles. The van der Waals surface area contributed by atoms with Crippen molar-refractivity contribution in [1.82, 2.24) is 30.2 Å². The Balaban J connectivity index is 1.28. The molecule has 2 aromatic carbocycles. The molecule has 1 atom stereocenters. The predicted molar refractivity (Wildman–Crippen MR) is 116 cm³/mol. The van der Waals surface area contributed by atoms with Crippen LogP contribution in [0.15, 0.2) is 48.1 Å². The first-order chi connectivity index (χ1) is 15.6. The third kappa shape index (κ3) is 2.99. The summed E-state index contributed by atoms with van der Waals surface area (Å²) < 4.78 is 2.78. The quantitative estimate of drug-likeness (QED) is 0.486. The number of aromatic nitrogens is 4. The Bertz CT molecular complexity index is 1420. The number of hydrogen-bond donors (Lipinski definition) is 1. The van der Waals surface area contributed by atoms with Gasteiger partial charge in [-0.2, -0.15) is 0 Å². The van der Waals surface area contributed by atoms with E-state index in [1.54, 1.807) is 22.1 Å². The van der Waals surface area contributed by atoms with Gasteiger partial charge in [0.25, 0.3) is 5.91 Å². The lowest BCUT2D eigenvalue weighted by molar-refractivity contribution is -0.136. The van der Waals surface area contributed by atoms with Gasteiger partial charge in [-0.25, -0.2) is 9.67 Å². The fourth-order valence-electron chi connectivity index (χ4n) is 4.24. The topological polar surface area (TPSA) is 110 Å². The van der Waals surface area contributed by atoms with E-state index in [-0.39, 0.29) is 18.2 Å². The Labute approximate surface area is 185 Å². The van der Waals surface area contributed by atoms with Gasteiger partial charge in [-0.15, -0.1) is 16.4 Å². The second kappa shape index (κ2) is 7.06. The average molecular weight is 444 g/mol. The summed E-state index contributed by atoms with van der Waals surface area (Å²) in [4.78, 5) is 42.4. The number of rotatable bonds is 3. The second-order valence-corrected chi connectivity index (χ2v) is 8.71. The highest BCUT2D eigenvalue weighted by atomic mass is 32.1. The molecule has 9 nitrogen and oxygen atoms in total. The van der Waals surface area contributed by atoms with Gasteiger partial charge in [-0.05, 0) is 42.3 Å². The summed E-state index contributed by atoms with van der Waals surface area (Å²) in [5.41, 5.74) is 6.54. The van der Waals surface area contributed by atoms with Crippen molar-refractivity contribution < 1.29 is 14.4 Å². The SMILES string of the molecule is O=C1CCC(N2Cc3cc(-n4cc(-c5ccc6scnc6c5)nn4)ccc3C2=O)C(=O)N1. The van der Waals surface area contributed by atoms with E-state index in [2.05, 4.69) is 20.6 Å². The van der Waals surface area contributed by atoms with Crippen molar-refractivity contribution >= 4 is 39.3 Å². The van der Waals surface area contributed by atoms with E-state index in [0.717, 1.165) is 32.7 Å². The molecule has 2 aromatic heterocycles. The Kier molecular flexibility index (Phi) is 4.15. The highest BCUT2D eigenvalue weighted by Crippen LogP contribution is 2.30. The molecule has 1 unspecified atom stereocenters. The maximum atomic E-state index is 12.9. The highest BCUT2D eigenvalue weighted by molar-refractivity contribution is 7.16. The molecule has 4 aromatic rings. The predicted octanol–water partition coefficient (Wildman–Crippen LogP) is 2.30. The first-order valence-corrected chi connectivity index (χ1v) is 11.0. The lowest BCUT2D eigenvalue weighted by Gasteiger charge is -2.29. The Hall–Kier alpha value is -3.92. The van der Waals surface area contributed by atoms with E-state index in [1.807, 2.05) is 42.0 Å². The van der Waals surface area contributed by atoms with Crippen LogP contribution in [0.25, 0.3) is 27.2 Å². The molecular formula is C22H16N6O3S. The fourth-order valence-corrected chi connectivity index (χ4v) is 4.90. The molecule has 3 amide bonds. The van der Waals surface area contributed by atoms with Crippen LogP contribution in [0.4, 0.5) is 0 Å². The van der Waals surface area contributed by atoms with Gasteiger partial charge in [-0.1, -0.05) is 11.3 Å². The molecule has 32 heavy (non-hydrogen) atoms. The lowest BCUT2D eigenvalue weighted by atomic mass is 10.0. The third-order valence-electron chi connectivity index (χ3n) is 5.89. The molecule has 0 spiro atoms. The molecule has 2 aliphatic rings. The molecule has 4 heterocycles. The maximum absolute atomic E-state index is 12.9. The van der Waals surface area contributed by atoms with Crippen LogP contribution in [0.3, 0.4) is 0 Å². The van der Waals surface area contributed by atoms with Gasteiger partial charge in [0, 0.05) is 24.1 Å². The van der Waals surface area contributed by atoms with Crippen LogP contribution in [0.2, 0.25) is 0 Å². The van der Waals surface area contributed by atoms with E-state index in [4.69, 9.17) is 0 Å². The van der Waals surface area contributed by atoms with E-state index in [1.165, 1.54) is 4.90 Å². The maximum Gasteiger partial charge on any atom is 0.255 e. The van der Waals surface area contributed by atoms with Gasteiger partial charge >= 0.3 is 0 Å². The minimum atomic E-state index is -0.630. The molecule has 1 saturated heterocycles. The Morgan fingerprint density at radius 2 is 2.00 bits per heavy atom. The first kappa shape index (κ1) is 18.8. The first-order valence-electron chi connectivity index (χ1n) is 10.1. The number of piperidine rings is 1. The Morgan fingerprint density at radius 1 is 1.09 bits per heavy atom. The van der Waals surface area contributed by atoms with Crippen molar-refractivity contribution in [3.05, 3.63) is 59.2 Å². The van der Waals surface area contributed by atoms with Crippen LogP contribution in [0.1, 0.15) is 28.8 Å². The summed E-state index contributed by atoms with van der Waals surface area (Å²) in [5, 5.41) is 10.9. The zero-order valence-corrected chi connectivity index (χ0v) is 17.5. The smallest absolute Gasteiger partial charge is 0.255 e. The number of fused-ring (bicyclic) bond motifs is 2. The number of amides is 3. The van der Waals surface area contributed by atoms with Crippen LogP contribution in [-0.4, -0.2) is 48.6 Å². The van der Waals surface area contributed by atoms with E-state index >= 15 is 0 Å². The number of benzene rings is 2. The number of imide groups is 1. The van der Waals surface area contributed by atoms with Gasteiger partial charge in [0.05, 0.1) is 27.6 Å². The summed E-state index contributed by atoms with van der Waals surface area (Å²) in [6.07, 6.45) is 2.41. The molecule has 10 heteroatoms. The number of thiazole rings is 1. The number of nitrogens with one attached hydrogen (secondary N) is 1. The Morgan fingerprint density at radius 3 is 2.88 bits per heavy atom. The van der Waals surface area contributed by atoms with Crippen LogP contribution >= 0.6 is 11.3 Å². The zero-order chi connectivity index (χ0) is 21.8. The molecule has 2 aliphatic heterocycles. The average Bonchev–Trinajstić information content (AvgIpc) is 3.52. The van der Waals surface area contributed by atoms with Crippen molar-refractivity contribution in [3.63, 3.8) is 0 Å². The van der Waals surface area contributed by atoms with Crippen LogP contribution in [0, 0.1) is 0 Å². The molecule has 0 bridgehead atoms.